The Morgan fingerprint density at radius 3 is 2.93 bits per heavy atom. The SMILES string of the molecule is CCC(C)c1ccnc(-n2cccn2)c1. The lowest BCUT2D eigenvalue weighted by atomic mass is 10.00. The molecule has 2 heterocycles. The van der Waals surface area contributed by atoms with Crippen molar-refractivity contribution in [2.24, 2.45) is 0 Å². The van der Waals surface area contributed by atoms with Crippen LogP contribution < -0.4 is 0 Å². The molecule has 0 saturated heterocycles. The van der Waals surface area contributed by atoms with Crippen LogP contribution in [0, 0.1) is 0 Å². The summed E-state index contributed by atoms with van der Waals surface area (Å²) in [5.41, 5.74) is 1.32. The molecule has 0 aliphatic rings. The van der Waals surface area contributed by atoms with Crippen LogP contribution in [0.3, 0.4) is 0 Å². The van der Waals surface area contributed by atoms with E-state index in [1.807, 2.05) is 18.5 Å². The van der Waals surface area contributed by atoms with Gasteiger partial charge in [0.25, 0.3) is 0 Å². The zero-order valence-corrected chi connectivity index (χ0v) is 9.09. The van der Waals surface area contributed by atoms with Gasteiger partial charge < -0.3 is 0 Å². The van der Waals surface area contributed by atoms with Crippen LogP contribution in [0.15, 0.2) is 36.8 Å². The molecule has 0 aliphatic heterocycles. The molecule has 3 nitrogen and oxygen atoms in total. The summed E-state index contributed by atoms with van der Waals surface area (Å²) < 4.78 is 1.78. The van der Waals surface area contributed by atoms with Crippen molar-refractivity contribution in [2.75, 3.05) is 0 Å². The number of hydrogen-bond donors (Lipinski definition) is 0. The molecule has 2 aromatic heterocycles. The predicted octanol–water partition coefficient (Wildman–Crippen LogP) is 2.78. The maximum absolute atomic E-state index is 4.30. The fourth-order valence-corrected chi connectivity index (χ4v) is 1.51. The molecule has 78 valence electrons. The molecule has 0 N–H and O–H groups in total. The van der Waals surface area contributed by atoms with Gasteiger partial charge in [-0.05, 0) is 36.1 Å². The molecule has 15 heavy (non-hydrogen) atoms. The average Bonchev–Trinajstić information content (AvgIpc) is 2.82. The summed E-state index contributed by atoms with van der Waals surface area (Å²) in [5, 5.41) is 4.17. The highest BCUT2D eigenvalue weighted by Crippen LogP contribution is 2.19. The molecule has 2 rings (SSSR count). The van der Waals surface area contributed by atoms with E-state index in [1.54, 1.807) is 10.9 Å². The number of rotatable bonds is 3. The number of hydrogen-bond acceptors (Lipinski definition) is 2. The first kappa shape index (κ1) is 9.90. The van der Waals surface area contributed by atoms with Crippen molar-refractivity contribution in [3.05, 3.63) is 42.4 Å². The first-order valence-corrected chi connectivity index (χ1v) is 5.27. The van der Waals surface area contributed by atoms with Crippen LogP contribution in [-0.4, -0.2) is 14.8 Å². The summed E-state index contributed by atoms with van der Waals surface area (Å²) in [6, 6.07) is 6.07. The van der Waals surface area contributed by atoms with E-state index in [9.17, 15) is 0 Å². The Kier molecular flexibility index (Phi) is 2.81. The maximum atomic E-state index is 4.30. The molecule has 0 bridgehead atoms. The molecule has 0 amide bonds. The Labute approximate surface area is 89.8 Å². The van der Waals surface area contributed by atoms with Crippen molar-refractivity contribution >= 4 is 0 Å². The second-order valence-electron chi connectivity index (χ2n) is 3.71. The molecule has 0 saturated carbocycles. The van der Waals surface area contributed by atoms with Crippen LogP contribution in [0.1, 0.15) is 31.7 Å². The van der Waals surface area contributed by atoms with Gasteiger partial charge in [0.05, 0.1) is 0 Å². The summed E-state index contributed by atoms with van der Waals surface area (Å²) in [4.78, 5) is 4.30. The quantitative estimate of drug-likeness (QED) is 0.764. The van der Waals surface area contributed by atoms with Crippen molar-refractivity contribution in [2.45, 2.75) is 26.2 Å². The number of nitrogens with zero attached hydrogens (tertiary/aromatic N) is 3. The van der Waals surface area contributed by atoms with E-state index in [0.717, 1.165) is 12.2 Å². The summed E-state index contributed by atoms with van der Waals surface area (Å²) in [6.45, 7) is 4.42. The third kappa shape index (κ3) is 2.06. The van der Waals surface area contributed by atoms with Crippen molar-refractivity contribution in [1.82, 2.24) is 14.8 Å². The van der Waals surface area contributed by atoms with Crippen LogP contribution in [0.4, 0.5) is 0 Å². The Hall–Kier alpha value is -1.64. The Bertz CT molecular complexity index is 420. The van der Waals surface area contributed by atoms with Gasteiger partial charge in [0, 0.05) is 18.6 Å². The Morgan fingerprint density at radius 2 is 2.27 bits per heavy atom. The molecule has 0 aromatic carbocycles. The van der Waals surface area contributed by atoms with E-state index in [-0.39, 0.29) is 0 Å². The average molecular weight is 201 g/mol. The lowest BCUT2D eigenvalue weighted by Crippen LogP contribution is -2.00. The summed E-state index contributed by atoms with van der Waals surface area (Å²) >= 11 is 0. The maximum Gasteiger partial charge on any atom is 0.153 e. The molecule has 2 aromatic rings. The predicted molar refractivity (Wildman–Crippen MR) is 60.1 cm³/mol. The molecule has 1 unspecified atom stereocenters. The Balaban J connectivity index is 2.35. The van der Waals surface area contributed by atoms with Crippen LogP contribution in [0.25, 0.3) is 5.82 Å². The standard InChI is InChI=1S/C12H15N3/c1-3-10(2)11-5-7-13-12(9-11)15-8-4-6-14-15/h4-10H,3H2,1-2H3. The van der Waals surface area contributed by atoms with E-state index in [2.05, 4.69) is 36.1 Å². The van der Waals surface area contributed by atoms with Crippen LogP contribution in [0.5, 0.6) is 0 Å². The van der Waals surface area contributed by atoms with Gasteiger partial charge in [-0.25, -0.2) is 9.67 Å². The molecular formula is C12H15N3. The molecule has 3 heteroatoms. The van der Waals surface area contributed by atoms with E-state index in [1.165, 1.54) is 5.56 Å². The minimum Gasteiger partial charge on any atom is -0.237 e. The minimum atomic E-state index is 0.572. The van der Waals surface area contributed by atoms with Crippen molar-refractivity contribution in [3.8, 4) is 5.82 Å². The van der Waals surface area contributed by atoms with Crippen LogP contribution in [-0.2, 0) is 0 Å². The van der Waals surface area contributed by atoms with E-state index in [4.69, 9.17) is 0 Å². The molecule has 1 atom stereocenters. The molecular weight excluding hydrogens is 186 g/mol. The van der Waals surface area contributed by atoms with Gasteiger partial charge in [-0.1, -0.05) is 13.8 Å². The van der Waals surface area contributed by atoms with Crippen LogP contribution in [0.2, 0.25) is 0 Å². The van der Waals surface area contributed by atoms with E-state index < -0.39 is 0 Å². The largest absolute Gasteiger partial charge is 0.237 e. The highest BCUT2D eigenvalue weighted by atomic mass is 15.3. The first-order chi connectivity index (χ1) is 7.31. The van der Waals surface area contributed by atoms with Gasteiger partial charge in [0.15, 0.2) is 5.82 Å². The number of aromatic nitrogens is 3. The third-order valence-electron chi connectivity index (χ3n) is 2.69. The highest BCUT2D eigenvalue weighted by molar-refractivity contribution is 5.28. The fraction of sp³-hybridized carbons (Fsp3) is 0.333. The highest BCUT2D eigenvalue weighted by Gasteiger charge is 2.05. The van der Waals surface area contributed by atoms with Crippen molar-refractivity contribution < 1.29 is 0 Å². The van der Waals surface area contributed by atoms with E-state index >= 15 is 0 Å². The molecule has 0 radical (unpaired) electrons. The summed E-state index contributed by atoms with van der Waals surface area (Å²) in [7, 11) is 0. The molecule has 0 spiro atoms. The van der Waals surface area contributed by atoms with Crippen molar-refractivity contribution in [3.63, 3.8) is 0 Å². The molecule has 0 aliphatic carbocycles. The lowest BCUT2D eigenvalue weighted by Gasteiger charge is -2.09. The third-order valence-corrected chi connectivity index (χ3v) is 2.69. The van der Waals surface area contributed by atoms with Gasteiger partial charge in [-0.2, -0.15) is 5.10 Å². The Morgan fingerprint density at radius 1 is 1.40 bits per heavy atom. The van der Waals surface area contributed by atoms with E-state index in [0.29, 0.717) is 5.92 Å². The monoisotopic (exact) mass is 201 g/mol. The topological polar surface area (TPSA) is 30.7 Å². The molecule has 0 fully saturated rings. The number of pyridine rings is 1. The minimum absolute atomic E-state index is 0.572. The van der Waals surface area contributed by atoms with Crippen LogP contribution >= 0.6 is 0 Å². The lowest BCUT2D eigenvalue weighted by molar-refractivity contribution is 0.727. The fourth-order valence-electron chi connectivity index (χ4n) is 1.51. The smallest absolute Gasteiger partial charge is 0.153 e. The van der Waals surface area contributed by atoms with Gasteiger partial charge in [-0.3, -0.25) is 0 Å². The van der Waals surface area contributed by atoms with Gasteiger partial charge in [0.2, 0.25) is 0 Å². The first-order valence-electron chi connectivity index (χ1n) is 5.27. The normalized spacial score (nSPS) is 12.7. The van der Waals surface area contributed by atoms with Gasteiger partial charge >= 0.3 is 0 Å². The summed E-state index contributed by atoms with van der Waals surface area (Å²) in [5.74, 6) is 1.46. The second-order valence-corrected chi connectivity index (χ2v) is 3.71. The zero-order valence-electron chi connectivity index (χ0n) is 9.09. The zero-order chi connectivity index (χ0) is 10.7. The second kappa shape index (κ2) is 4.26. The van der Waals surface area contributed by atoms with Crippen molar-refractivity contribution in [1.29, 1.82) is 0 Å². The summed E-state index contributed by atoms with van der Waals surface area (Å²) in [6.07, 6.45) is 6.65. The van der Waals surface area contributed by atoms with Gasteiger partial charge in [0.1, 0.15) is 0 Å². The van der Waals surface area contributed by atoms with Gasteiger partial charge in [-0.15, -0.1) is 0 Å².